The van der Waals surface area contributed by atoms with E-state index in [0.717, 1.165) is 89.9 Å². The number of aliphatic carboxylic acids is 1. The molecule has 0 aliphatic carbocycles. The number of carboxylic acid groups (broad SMARTS) is 1. The summed E-state index contributed by atoms with van der Waals surface area (Å²) in [6.45, 7) is 4.44. The van der Waals surface area contributed by atoms with Gasteiger partial charge in [0.2, 0.25) is 0 Å². The van der Waals surface area contributed by atoms with Crippen LogP contribution in [0, 0.1) is 0 Å². The molecule has 0 heterocycles. The molecule has 0 amide bonds. The van der Waals surface area contributed by atoms with E-state index in [1.807, 2.05) is 0 Å². The minimum Gasteiger partial charge on any atom is -0.481 e. The van der Waals surface area contributed by atoms with Gasteiger partial charge in [-0.2, -0.15) is 0 Å². The van der Waals surface area contributed by atoms with Gasteiger partial charge in [0, 0.05) is 12.8 Å². The lowest BCUT2D eigenvalue weighted by molar-refractivity contribution is -0.150. The molecular formula is C46H82O4. The van der Waals surface area contributed by atoms with Crippen molar-refractivity contribution in [2.45, 2.75) is 232 Å². The number of hydrogen-bond acceptors (Lipinski definition) is 3. The summed E-state index contributed by atoms with van der Waals surface area (Å²) in [7, 11) is 0. The van der Waals surface area contributed by atoms with Crippen LogP contribution < -0.4 is 0 Å². The molecule has 290 valence electrons. The second-order valence-corrected chi connectivity index (χ2v) is 14.5. The van der Waals surface area contributed by atoms with Crippen LogP contribution >= 0.6 is 0 Å². The summed E-state index contributed by atoms with van der Waals surface area (Å²) in [6.07, 6.45) is 55.7. The van der Waals surface area contributed by atoms with E-state index in [2.05, 4.69) is 62.5 Å². The van der Waals surface area contributed by atoms with Gasteiger partial charge in [0.15, 0.2) is 0 Å². The summed E-state index contributed by atoms with van der Waals surface area (Å²) in [5.74, 6) is -0.705. The SMILES string of the molecule is CC/C=C\C/C=C\C/C=C\C/C=C\CCCCCCCCCCC(=O)OC(CCCCCCCCCCCCC)CCCCCCCC(=O)O. The summed E-state index contributed by atoms with van der Waals surface area (Å²) in [4.78, 5) is 23.4. The van der Waals surface area contributed by atoms with E-state index in [1.54, 1.807) is 0 Å². The van der Waals surface area contributed by atoms with Crippen molar-refractivity contribution in [3.8, 4) is 0 Å². The predicted octanol–water partition coefficient (Wildman–Crippen LogP) is 15.1. The maximum atomic E-state index is 12.7. The fourth-order valence-corrected chi connectivity index (χ4v) is 6.41. The molecule has 50 heavy (non-hydrogen) atoms. The molecule has 1 unspecified atom stereocenters. The molecule has 0 aromatic carbocycles. The second-order valence-electron chi connectivity index (χ2n) is 14.5. The zero-order chi connectivity index (χ0) is 36.4. The molecule has 0 aliphatic heterocycles. The molecule has 0 fully saturated rings. The van der Waals surface area contributed by atoms with Gasteiger partial charge in [-0.05, 0) is 77.0 Å². The molecule has 0 saturated carbocycles. The van der Waals surface area contributed by atoms with Crippen molar-refractivity contribution in [2.24, 2.45) is 0 Å². The zero-order valence-electron chi connectivity index (χ0n) is 33.2. The summed E-state index contributed by atoms with van der Waals surface area (Å²) in [6, 6.07) is 0. The van der Waals surface area contributed by atoms with E-state index in [1.165, 1.54) is 109 Å². The van der Waals surface area contributed by atoms with E-state index in [0.29, 0.717) is 6.42 Å². The lowest BCUT2D eigenvalue weighted by Crippen LogP contribution is -2.18. The van der Waals surface area contributed by atoms with E-state index in [9.17, 15) is 9.59 Å². The van der Waals surface area contributed by atoms with E-state index in [4.69, 9.17) is 9.84 Å². The molecule has 0 aromatic heterocycles. The van der Waals surface area contributed by atoms with E-state index in [-0.39, 0.29) is 18.5 Å². The van der Waals surface area contributed by atoms with E-state index < -0.39 is 5.97 Å². The van der Waals surface area contributed by atoms with Crippen molar-refractivity contribution in [1.82, 2.24) is 0 Å². The fourth-order valence-electron chi connectivity index (χ4n) is 6.41. The van der Waals surface area contributed by atoms with Gasteiger partial charge in [0.05, 0.1) is 0 Å². The van der Waals surface area contributed by atoms with Gasteiger partial charge in [-0.3, -0.25) is 9.59 Å². The standard InChI is InChI=1S/C46H82O4/c1-3-5-7-9-11-13-15-16-17-18-19-20-21-22-23-24-26-28-30-35-39-43-46(49)50-44(41-37-33-31-34-38-42-45(47)48)40-36-32-29-27-25-14-12-10-8-6-4-2/h5,7,11,13,16-17,19-20,44H,3-4,6,8-10,12,14-15,18,21-43H2,1-2H3,(H,47,48)/b7-5-,13-11-,17-16-,20-19-. The fraction of sp³-hybridized carbons (Fsp3) is 0.783. The highest BCUT2D eigenvalue weighted by molar-refractivity contribution is 5.69. The summed E-state index contributed by atoms with van der Waals surface area (Å²) < 4.78 is 6.01. The first-order valence-electron chi connectivity index (χ1n) is 21.6. The van der Waals surface area contributed by atoms with Crippen LogP contribution in [-0.2, 0) is 14.3 Å². The Morgan fingerprint density at radius 3 is 1.30 bits per heavy atom. The second kappa shape index (κ2) is 41.3. The average molecular weight is 699 g/mol. The van der Waals surface area contributed by atoms with Gasteiger partial charge in [-0.1, -0.05) is 184 Å². The van der Waals surface area contributed by atoms with Crippen LogP contribution in [-0.4, -0.2) is 23.1 Å². The third-order valence-corrected chi connectivity index (χ3v) is 9.57. The van der Waals surface area contributed by atoms with Crippen molar-refractivity contribution in [1.29, 1.82) is 0 Å². The summed E-state index contributed by atoms with van der Waals surface area (Å²) in [5.41, 5.74) is 0. The highest BCUT2D eigenvalue weighted by atomic mass is 16.5. The molecule has 4 heteroatoms. The molecule has 1 atom stereocenters. The van der Waals surface area contributed by atoms with Crippen LogP contribution in [0.5, 0.6) is 0 Å². The number of allylic oxidation sites excluding steroid dienone is 8. The van der Waals surface area contributed by atoms with Crippen LogP contribution in [0.1, 0.15) is 226 Å². The maximum absolute atomic E-state index is 12.7. The topological polar surface area (TPSA) is 63.6 Å². The number of esters is 1. The lowest BCUT2D eigenvalue weighted by Gasteiger charge is -2.18. The largest absolute Gasteiger partial charge is 0.481 e. The normalized spacial score (nSPS) is 12.7. The first-order valence-corrected chi connectivity index (χ1v) is 21.6. The number of carbonyl (C=O) groups is 2. The van der Waals surface area contributed by atoms with Gasteiger partial charge in [0.1, 0.15) is 6.10 Å². The van der Waals surface area contributed by atoms with Crippen LogP contribution in [0.4, 0.5) is 0 Å². The molecule has 4 nitrogen and oxygen atoms in total. The third-order valence-electron chi connectivity index (χ3n) is 9.57. The molecule has 0 radical (unpaired) electrons. The number of carboxylic acids is 1. The Kier molecular flexibility index (Phi) is 39.6. The molecule has 0 aliphatic rings. The monoisotopic (exact) mass is 699 g/mol. The van der Waals surface area contributed by atoms with E-state index >= 15 is 0 Å². The summed E-state index contributed by atoms with van der Waals surface area (Å²) >= 11 is 0. The minimum atomic E-state index is -0.701. The molecule has 0 saturated heterocycles. The number of hydrogen-bond donors (Lipinski definition) is 1. The van der Waals surface area contributed by atoms with Gasteiger partial charge in [0.25, 0.3) is 0 Å². The van der Waals surface area contributed by atoms with Gasteiger partial charge in [-0.25, -0.2) is 0 Å². The molecule has 0 aromatic rings. The van der Waals surface area contributed by atoms with Crippen LogP contribution in [0.25, 0.3) is 0 Å². The molecular weight excluding hydrogens is 617 g/mol. The first-order chi connectivity index (χ1) is 24.6. The smallest absolute Gasteiger partial charge is 0.306 e. The molecule has 0 bridgehead atoms. The first kappa shape index (κ1) is 47.9. The lowest BCUT2D eigenvalue weighted by atomic mass is 10.0. The third kappa shape index (κ3) is 40.3. The molecule has 1 N–H and O–H groups in total. The highest BCUT2D eigenvalue weighted by Gasteiger charge is 2.14. The van der Waals surface area contributed by atoms with Crippen molar-refractivity contribution < 1.29 is 19.4 Å². The van der Waals surface area contributed by atoms with Crippen molar-refractivity contribution in [3.05, 3.63) is 48.6 Å². The van der Waals surface area contributed by atoms with Gasteiger partial charge >= 0.3 is 11.9 Å². The number of carbonyl (C=O) groups excluding carboxylic acids is 1. The van der Waals surface area contributed by atoms with Gasteiger partial charge in [-0.15, -0.1) is 0 Å². The van der Waals surface area contributed by atoms with Crippen LogP contribution in [0.2, 0.25) is 0 Å². The van der Waals surface area contributed by atoms with Crippen LogP contribution in [0.15, 0.2) is 48.6 Å². The van der Waals surface area contributed by atoms with Crippen molar-refractivity contribution in [2.75, 3.05) is 0 Å². The molecule has 0 rings (SSSR count). The Morgan fingerprint density at radius 2 is 0.840 bits per heavy atom. The average Bonchev–Trinajstić information content (AvgIpc) is 3.10. The Hall–Kier alpha value is -2.10. The van der Waals surface area contributed by atoms with Crippen LogP contribution in [0.3, 0.4) is 0 Å². The van der Waals surface area contributed by atoms with Crippen molar-refractivity contribution in [3.63, 3.8) is 0 Å². The highest BCUT2D eigenvalue weighted by Crippen LogP contribution is 2.19. The molecule has 0 spiro atoms. The van der Waals surface area contributed by atoms with Gasteiger partial charge < -0.3 is 9.84 Å². The number of unbranched alkanes of at least 4 members (excludes halogenated alkanes) is 22. The quantitative estimate of drug-likeness (QED) is 0.0394. The number of rotatable bonds is 39. The summed E-state index contributed by atoms with van der Waals surface area (Å²) in [5, 5.41) is 8.83. The maximum Gasteiger partial charge on any atom is 0.306 e. The Labute approximate surface area is 311 Å². The minimum absolute atomic E-state index is 0.00428. The Morgan fingerprint density at radius 1 is 0.460 bits per heavy atom. The van der Waals surface area contributed by atoms with Crippen molar-refractivity contribution >= 4 is 11.9 Å². The predicted molar refractivity (Wildman–Crippen MR) is 218 cm³/mol. The number of ether oxygens (including phenoxy) is 1. The Bertz CT molecular complexity index is 839. The Balaban J connectivity index is 3.96. The zero-order valence-corrected chi connectivity index (χ0v) is 33.2.